The molecule has 4 fully saturated rings. The lowest BCUT2D eigenvalue weighted by atomic mass is 9.85. The van der Waals surface area contributed by atoms with E-state index >= 15 is 0 Å². The van der Waals surface area contributed by atoms with Gasteiger partial charge in [-0.15, -0.1) is 0 Å². The van der Waals surface area contributed by atoms with Crippen molar-refractivity contribution in [2.45, 2.75) is 110 Å². The second kappa shape index (κ2) is 28.6. The summed E-state index contributed by atoms with van der Waals surface area (Å²) in [7, 11) is -14.4. The number of aliphatic hydroxyl groups excluding tert-OH is 1. The standard InChI is InChI=1S/C18H19N3O3S.C17H24N4O3S.C14H19N3O3S.C13H17N3O2S/c22-18(14-5-2-1-3-6-14)8-11-21(12-9-18)25(23,24)17-15-7-4-10-19-16(15)13-20-17;1-3-20(4-2)17(22)13-7-6-10-21(12-13)25(23,24)16-14-8-5-9-18-15(14)11-19-16;18-9-5-11-3-7-17(8-4-11)21(19,20)14-12-2-1-6-15-13(12)10-16-14;1-10-4-3-7-16(9-10)19(17,18)13-11-5-2-6-14-12(11)8-15-13/h1-7,10,22H,8-9,11-13H2;5,8-9,13H,3-4,6-7,10-12H2,1-2H3;1-2,6,11,18H,3-5,7-10H2;2,5-6,10H,3-4,7-9H2,1H3. The lowest BCUT2D eigenvalue weighted by Crippen LogP contribution is -2.48. The molecule has 0 radical (unpaired) electrons. The van der Waals surface area contributed by atoms with E-state index in [1.54, 1.807) is 82.5 Å². The molecule has 28 heteroatoms. The quantitative estimate of drug-likeness (QED) is 0.184. The molecule has 4 aromatic heterocycles. The zero-order valence-electron chi connectivity index (χ0n) is 51.0. The number of aromatic nitrogens is 4. The number of aliphatic imine (C=N–C) groups is 4. The Bertz CT molecular complexity index is 4000. The van der Waals surface area contributed by atoms with Crippen LogP contribution in [0, 0.1) is 17.8 Å². The number of pyridine rings is 4. The van der Waals surface area contributed by atoms with Crippen LogP contribution in [-0.2, 0) is 76.7 Å². The monoisotopic (exact) mass is 1310 g/mol. The molecule has 13 rings (SSSR count). The third-order valence-electron chi connectivity index (χ3n) is 17.7. The first-order valence-corrected chi connectivity index (χ1v) is 36.6. The van der Waals surface area contributed by atoms with Crippen LogP contribution in [0.5, 0.6) is 0 Å². The number of fused-ring (bicyclic) bond motifs is 4. The molecule has 0 bridgehead atoms. The van der Waals surface area contributed by atoms with Crippen LogP contribution < -0.4 is 0 Å². The average Bonchev–Trinajstić information content (AvgIpc) is 1.75. The number of hydrogen-bond donors (Lipinski definition) is 2. The van der Waals surface area contributed by atoms with Gasteiger partial charge in [0.15, 0.2) is 20.2 Å². The number of rotatable bonds is 10. The summed E-state index contributed by atoms with van der Waals surface area (Å²) >= 11 is 0. The summed E-state index contributed by atoms with van der Waals surface area (Å²) in [5.41, 5.74) is 5.19. The third kappa shape index (κ3) is 14.3. The van der Waals surface area contributed by atoms with Crippen molar-refractivity contribution in [2.24, 2.45) is 37.7 Å². The highest BCUT2D eigenvalue weighted by Crippen LogP contribution is 2.36. The Morgan fingerprint density at radius 3 is 1.30 bits per heavy atom. The zero-order chi connectivity index (χ0) is 63.8. The molecule has 24 nitrogen and oxygen atoms in total. The first kappa shape index (κ1) is 66.5. The minimum atomic E-state index is -3.71. The van der Waals surface area contributed by atoms with E-state index in [0.29, 0.717) is 137 Å². The van der Waals surface area contributed by atoms with Gasteiger partial charge in [-0.25, -0.2) is 33.7 Å². The van der Waals surface area contributed by atoms with Crippen molar-refractivity contribution >= 4 is 66.2 Å². The highest BCUT2D eigenvalue weighted by molar-refractivity contribution is 8.06. The Labute approximate surface area is 528 Å². The number of aliphatic hydroxyl groups is 2. The van der Waals surface area contributed by atoms with Gasteiger partial charge in [0.05, 0.1) is 60.5 Å². The topological polar surface area (TPSA) is 311 Å². The Balaban J connectivity index is 0.000000133. The van der Waals surface area contributed by atoms with Gasteiger partial charge < -0.3 is 15.1 Å². The molecule has 4 saturated heterocycles. The fourth-order valence-corrected chi connectivity index (χ4v) is 19.3. The summed E-state index contributed by atoms with van der Waals surface area (Å²) in [6.07, 6.45) is 13.1. The molecule has 8 aliphatic rings. The van der Waals surface area contributed by atoms with Crippen LogP contribution in [0.1, 0.15) is 129 Å². The van der Waals surface area contributed by atoms with Crippen LogP contribution >= 0.6 is 0 Å². The molecule has 8 aliphatic heterocycles. The number of nitrogens with zero attached hydrogens (tertiary/aromatic N) is 13. The molecular formula is C62H79N13O11S4. The first-order valence-electron chi connectivity index (χ1n) is 30.8. The van der Waals surface area contributed by atoms with Gasteiger partial charge in [-0.1, -0.05) is 37.3 Å². The third-order valence-corrected chi connectivity index (χ3v) is 25.2. The number of carbonyl (C=O) groups is 1. The number of hydrogen-bond acceptors (Lipinski definition) is 19. The molecule has 12 heterocycles. The fraction of sp³-hybridized carbons (Fsp3) is 0.500. The molecule has 1 aromatic carbocycles. The van der Waals surface area contributed by atoms with Crippen molar-refractivity contribution in [3.63, 3.8) is 0 Å². The average molecular weight is 1310 g/mol. The van der Waals surface area contributed by atoms with Crippen molar-refractivity contribution in [1.29, 1.82) is 0 Å². The van der Waals surface area contributed by atoms with E-state index in [2.05, 4.69) is 46.8 Å². The molecule has 0 aliphatic carbocycles. The smallest absolute Gasteiger partial charge is 0.260 e. The van der Waals surface area contributed by atoms with E-state index in [9.17, 15) is 43.6 Å². The molecule has 482 valence electrons. The number of benzene rings is 1. The fourth-order valence-electron chi connectivity index (χ4n) is 12.6. The van der Waals surface area contributed by atoms with Gasteiger partial charge in [0, 0.05) is 119 Å². The maximum Gasteiger partial charge on any atom is 0.260 e. The normalized spacial score (nSPS) is 21.2. The molecule has 0 spiro atoms. The largest absolute Gasteiger partial charge is 0.396 e. The first-order chi connectivity index (χ1) is 43.2. The van der Waals surface area contributed by atoms with Crippen LogP contribution in [0.25, 0.3) is 0 Å². The Morgan fingerprint density at radius 1 is 0.511 bits per heavy atom. The van der Waals surface area contributed by atoms with Gasteiger partial charge in [-0.05, 0) is 138 Å². The van der Waals surface area contributed by atoms with E-state index in [0.717, 1.165) is 55.5 Å². The summed E-state index contributed by atoms with van der Waals surface area (Å²) in [6, 6.07) is 23.4. The molecule has 90 heavy (non-hydrogen) atoms. The minimum absolute atomic E-state index is 0.0420. The molecule has 0 saturated carbocycles. The number of piperidine rings is 4. The van der Waals surface area contributed by atoms with Crippen molar-refractivity contribution in [3.8, 4) is 0 Å². The number of sulfonamides is 4. The molecule has 5 aromatic rings. The summed E-state index contributed by atoms with van der Waals surface area (Å²) in [6.45, 7) is 12.1. The summed E-state index contributed by atoms with van der Waals surface area (Å²) in [5.74, 6) is 0.596. The van der Waals surface area contributed by atoms with Gasteiger partial charge in [-0.3, -0.25) is 44.7 Å². The summed E-state index contributed by atoms with van der Waals surface area (Å²) < 4.78 is 109. The summed E-state index contributed by atoms with van der Waals surface area (Å²) in [4.78, 5) is 48.0. The molecule has 2 atom stereocenters. The van der Waals surface area contributed by atoms with Crippen molar-refractivity contribution < 1.29 is 48.7 Å². The number of carbonyl (C=O) groups excluding carboxylic acids is 1. The lowest BCUT2D eigenvalue weighted by Gasteiger charge is -2.37. The van der Waals surface area contributed by atoms with Crippen LogP contribution in [-0.4, -0.2) is 184 Å². The Morgan fingerprint density at radius 2 is 0.900 bits per heavy atom. The van der Waals surface area contributed by atoms with Crippen LogP contribution in [0.15, 0.2) is 124 Å². The van der Waals surface area contributed by atoms with Crippen molar-refractivity contribution in [1.82, 2.24) is 42.1 Å². The van der Waals surface area contributed by atoms with Gasteiger partial charge in [0.25, 0.3) is 40.1 Å². The minimum Gasteiger partial charge on any atom is -0.396 e. The van der Waals surface area contributed by atoms with E-state index in [4.69, 9.17) is 5.11 Å². The van der Waals surface area contributed by atoms with Crippen molar-refractivity contribution in [2.75, 3.05) is 72.1 Å². The Kier molecular flexibility index (Phi) is 21.1. The lowest BCUT2D eigenvalue weighted by molar-refractivity contribution is -0.136. The van der Waals surface area contributed by atoms with E-state index in [-0.39, 0.29) is 58.2 Å². The Hall–Kier alpha value is -6.47. The van der Waals surface area contributed by atoms with E-state index in [1.165, 1.54) is 12.9 Å². The summed E-state index contributed by atoms with van der Waals surface area (Å²) in [5, 5.41) is 20.4. The van der Waals surface area contributed by atoms with Crippen LogP contribution in [0.3, 0.4) is 0 Å². The van der Waals surface area contributed by atoms with E-state index < -0.39 is 45.7 Å². The molecular weight excluding hydrogens is 1230 g/mol. The highest BCUT2D eigenvalue weighted by atomic mass is 32.2. The van der Waals surface area contributed by atoms with Gasteiger partial charge in [0.2, 0.25) is 5.91 Å². The zero-order valence-corrected chi connectivity index (χ0v) is 54.3. The van der Waals surface area contributed by atoms with Crippen LogP contribution in [0.4, 0.5) is 0 Å². The maximum absolute atomic E-state index is 13.1. The predicted octanol–water partition coefficient (Wildman–Crippen LogP) is 5.08. The van der Waals surface area contributed by atoms with Gasteiger partial charge in [-0.2, -0.15) is 17.2 Å². The second-order valence-electron chi connectivity index (χ2n) is 23.5. The second-order valence-corrected chi connectivity index (χ2v) is 30.9. The number of amides is 1. The predicted molar refractivity (Wildman–Crippen MR) is 343 cm³/mol. The maximum atomic E-state index is 13.1. The van der Waals surface area contributed by atoms with Crippen LogP contribution in [0.2, 0.25) is 0 Å². The molecule has 1 amide bonds. The highest BCUT2D eigenvalue weighted by Gasteiger charge is 2.43. The van der Waals surface area contributed by atoms with Crippen molar-refractivity contribution in [3.05, 3.63) is 154 Å². The van der Waals surface area contributed by atoms with Gasteiger partial charge in [0.1, 0.15) is 0 Å². The SMILES string of the molecule is CC1CCCN(S(=O)(=O)C2=NCc3ncccc32)C1.CCN(CC)C(=O)C1CCCN(S(=O)(=O)C2=NCc3ncccc32)C1.O=S(=O)(C1=NCc2ncccc21)N1CCC(CCO)CC1.O=S(=O)(C1=NCc2ncccc21)N1CCC(O)(c2ccccc2)CC1. The van der Waals surface area contributed by atoms with Gasteiger partial charge >= 0.3 is 0 Å². The molecule has 2 N–H and O–H groups in total. The van der Waals surface area contributed by atoms with E-state index in [1.807, 2.05) is 44.2 Å². The molecule has 2 unspecified atom stereocenters.